The Morgan fingerprint density at radius 2 is 1.49 bits per heavy atom. The Labute approximate surface area is 280 Å². The summed E-state index contributed by atoms with van der Waals surface area (Å²) in [5.74, 6) is 1.16. The number of aliphatic hydroxyl groups is 2. The fraction of sp³-hybridized carbons (Fsp3) is 0.312. The van der Waals surface area contributed by atoms with Crippen molar-refractivity contribution >= 4 is 45.8 Å². The van der Waals surface area contributed by atoms with Gasteiger partial charge in [0, 0.05) is 74.4 Å². The number of H-pyrrole nitrogens is 1. The van der Waals surface area contributed by atoms with Crippen LogP contribution in [-0.4, -0.2) is 96.0 Å². The zero-order chi connectivity index (χ0) is 34.5. The van der Waals surface area contributed by atoms with Crippen molar-refractivity contribution in [2.45, 2.75) is 32.0 Å². The third-order valence-electron chi connectivity index (χ3n) is 8.12. The van der Waals surface area contributed by atoms with Crippen LogP contribution in [0.3, 0.4) is 0 Å². The van der Waals surface area contributed by atoms with Crippen molar-refractivity contribution in [3.8, 4) is 22.8 Å². The Morgan fingerprint density at radius 3 is 2.02 bits per heavy atom. The van der Waals surface area contributed by atoms with E-state index in [1.165, 1.54) is 12.4 Å². The lowest BCUT2D eigenvalue weighted by Crippen LogP contribution is -2.28. The minimum absolute atomic E-state index is 0.0614. The zero-order valence-corrected chi connectivity index (χ0v) is 26.7. The van der Waals surface area contributed by atoms with Gasteiger partial charge in [-0.3, -0.25) is 15.4 Å². The van der Waals surface area contributed by atoms with E-state index in [1.54, 1.807) is 36.7 Å². The fourth-order valence-electron chi connectivity index (χ4n) is 5.85. The van der Waals surface area contributed by atoms with E-state index in [0.29, 0.717) is 49.9 Å². The van der Waals surface area contributed by atoms with Crippen molar-refractivity contribution in [2.24, 2.45) is 0 Å². The van der Waals surface area contributed by atoms with Gasteiger partial charge in [0.25, 0.3) is 0 Å². The smallest absolute Gasteiger partial charge is 0.321 e. The molecule has 2 aliphatic heterocycles. The molecule has 5 heterocycles. The number of aromatic nitrogens is 6. The van der Waals surface area contributed by atoms with Gasteiger partial charge >= 0.3 is 11.7 Å². The number of imidazole rings is 1. The highest BCUT2D eigenvalue weighted by atomic mass is 16.6. The third-order valence-corrected chi connectivity index (χ3v) is 8.12. The first-order valence-electron chi connectivity index (χ1n) is 15.8. The molecule has 0 bridgehead atoms. The second-order valence-corrected chi connectivity index (χ2v) is 11.6. The zero-order valence-electron chi connectivity index (χ0n) is 26.7. The van der Waals surface area contributed by atoms with E-state index >= 15 is 0 Å². The average Bonchev–Trinajstić information content (AvgIpc) is 3.84. The predicted octanol–water partition coefficient (Wildman–Crippen LogP) is 2.94. The van der Waals surface area contributed by atoms with Gasteiger partial charge in [0.2, 0.25) is 5.95 Å². The maximum absolute atomic E-state index is 11.8. The summed E-state index contributed by atoms with van der Waals surface area (Å²) in [6.07, 6.45) is 7.09. The van der Waals surface area contributed by atoms with Crippen molar-refractivity contribution in [3.05, 3.63) is 71.3 Å². The number of hydrogen-bond donors (Lipinski definition) is 6. The maximum atomic E-state index is 11.8. The number of nitrogens with two attached hydrogens (primary N) is 1. The number of nitrogens with one attached hydrogen (secondary N) is 3. The first-order chi connectivity index (χ1) is 23.7. The lowest BCUT2D eigenvalue weighted by Gasteiger charge is -2.19. The molecule has 0 spiro atoms. The summed E-state index contributed by atoms with van der Waals surface area (Å²) in [6, 6.07) is 10.2. The number of amides is 2. The molecule has 0 aliphatic carbocycles. The molecule has 2 atom stereocenters. The van der Waals surface area contributed by atoms with E-state index in [0.717, 1.165) is 35.4 Å². The number of nitrogens with zero attached hydrogens (tertiary/aromatic N) is 8. The number of benzene rings is 2. The van der Waals surface area contributed by atoms with Gasteiger partial charge in [0.05, 0.1) is 22.6 Å². The summed E-state index contributed by atoms with van der Waals surface area (Å²) in [5, 5.41) is 36.2. The number of urea groups is 1. The molecular formula is C32H36N12O5. The van der Waals surface area contributed by atoms with Crippen LogP contribution >= 0.6 is 0 Å². The van der Waals surface area contributed by atoms with Gasteiger partial charge in [-0.25, -0.2) is 29.7 Å². The lowest BCUT2D eigenvalue weighted by atomic mass is 10.1. The van der Waals surface area contributed by atoms with E-state index in [-0.39, 0.29) is 34.9 Å². The number of anilines is 4. The number of fused-ring (bicyclic) bond motifs is 1. The van der Waals surface area contributed by atoms with Crippen LogP contribution in [0.5, 0.6) is 0 Å². The number of nitro groups is 1. The van der Waals surface area contributed by atoms with Crippen LogP contribution in [-0.2, 0) is 0 Å². The van der Waals surface area contributed by atoms with Gasteiger partial charge < -0.3 is 36.0 Å². The minimum atomic E-state index is -0.524. The first-order valence-corrected chi connectivity index (χ1v) is 15.8. The summed E-state index contributed by atoms with van der Waals surface area (Å²) in [6.45, 7) is 4.88. The summed E-state index contributed by atoms with van der Waals surface area (Å²) in [7, 11) is 0. The molecule has 17 nitrogen and oxygen atoms in total. The standard InChI is InChI=1S/C18H21N7O2.C14H15N5O3/c1-2-19-18(27)24-17-22-14-9-11(25-7-4-12(26)10-25)8-13(15(14)23-17)16-20-5-3-6-21-16;15-12-7-9(18-5-2-10(20)8-18)6-11(13(12)19(21)22)14-16-3-1-4-17-14/h3,5-6,8-9,12,26H,2,4,7,10H2,1H3,(H3,19,22,23,24,27);1,3-4,6-7,10,20H,2,5,8,15H2. The van der Waals surface area contributed by atoms with Crippen LogP contribution in [0.1, 0.15) is 19.8 Å². The summed E-state index contributed by atoms with van der Waals surface area (Å²) in [4.78, 5) is 51.2. The first kappa shape index (κ1) is 33.0. The summed E-state index contributed by atoms with van der Waals surface area (Å²) < 4.78 is 0. The van der Waals surface area contributed by atoms with Crippen molar-refractivity contribution in [1.82, 2.24) is 35.2 Å². The largest absolute Gasteiger partial charge is 0.393 e. The van der Waals surface area contributed by atoms with Crippen LogP contribution in [0.25, 0.3) is 33.8 Å². The van der Waals surface area contributed by atoms with E-state index in [4.69, 9.17) is 5.73 Å². The molecule has 7 rings (SSSR count). The van der Waals surface area contributed by atoms with Gasteiger partial charge in [-0.2, -0.15) is 0 Å². The second-order valence-electron chi connectivity index (χ2n) is 11.6. The van der Waals surface area contributed by atoms with Crippen molar-refractivity contribution in [1.29, 1.82) is 0 Å². The number of aliphatic hydroxyl groups excluding tert-OH is 2. The fourth-order valence-corrected chi connectivity index (χ4v) is 5.85. The molecule has 3 aromatic heterocycles. The molecule has 7 N–H and O–H groups in total. The summed E-state index contributed by atoms with van der Waals surface area (Å²) in [5.41, 5.74) is 9.91. The van der Waals surface area contributed by atoms with E-state index < -0.39 is 11.0 Å². The van der Waals surface area contributed by atoms with Crippen LogP contribution in [0.15, 0.2) is 61.2 Å². The maximum Gasteiger partial charge on any atom is 0.321 e. The van der Waals surface area contributed by atoms with E-state index in [1.807, 2.05) is 24.0 Å². The van der Waals surface area contributed by atoms with Gasteiger partial charge in [-0.1, -0.05) is 0 Å². The lowest BCUT2D eigenvalue weighted by molar-refractivity contribution is -0.383. The molecule has 17 heteroatoms. The molecule has 0 radical (unpaired) electrons. The van der Waals surface area contributed by atoms with E-state index in [9.17, 15) is 25.1 Å². The number of carbonyl (C=O) groups excluding carboxylic acids is 1. The molecule has 2 saturated heterocycles. The molecule has 2 unspecified atom stereocenters. The molecule has 254 valence electrons. The van der Waals surface area contributed by atoms with Crippen molar-refractivity contribution in [2.75, 3.05) is 53.6 Å². The SMILES string of the molecule is CCNC(=O)Nc1nc2c(-c3ncccn3)cc(N3CCC(O)C3)cc2[nH]1.Nc1cc(N2CCC(O)C2)cc(-c2ncccn2)c1[N+](=O)[O-]. The number of nitro benzene ring substituents is 1. The van der Waals surface area contributed by atoms with E-state index in [2.05, 4.69) is 45.4 Å². The van der Waals surface area contributed by atoms with Crippen LogP contribution in [0.2, 0.25) is 0 Å². The highest BCUT2D eigenvalue weighted by Crippen LogP contribution is 2.38. The Kier molecular flexibility index (Phi) is 9.72. The molecule has 49 heavy (non-hydrogen) atoms. The number of rotatable bonds is 7. The Balaban J connectivity index is 0.000000174. The van der Waals surface area contributed by atoms with Crippen molar-refractivity contribution in [3.63, 3.8) is 0 Å². The van der Waals surface area contributed by atoms with Gasteiger partial charge in [-0.15, -0.1) is 0 Å². The number of aromatic amines is 1. The predicted molar refractivity (Wildman–Crippen MR) is 184 cm³/mol. The molecule has 5 aromatic rings. The van der Waals surface area contributed by atoms with Crippen molar-refractivity contribution < 1.29 is 19.9 Å². The number of hydrogen-bond acceptors (Lipinski definition) is 13. The highest BCUT2D eigenvalue weighted by Gasteiger charge is 2.27. The van der Waals surface area contributed by atoms with Crippen LogP contribution in [0.4, 0.5) is 33.5 Å². The third kappa shape index (κ3) is 7.47. The number of β-amino-alcohol motifs (C(OH)–C–C–N with tert-alkyl or cyclic N) is 2. The Morgan fingerprint density at radius 1 is 0.939 bits per heavy atom. The highest BCUT2D eigenvalue weighted by molar-refractivity contribution is 5.96. The molecule has 2 aromatic carbocycles. The summed E-state index contributed by atoms with van der Waals surface area (Å²) >= 11 is 0. The average molecular weight is 669 g/mol. The molecule has 2 amide bonds. The number of nitrogen functional groups attached to an aromatic ring is 1. The molecule has 2 aliphatic rings. The quantitative estimate of drug-likeness (QED) is 0.0832. The Bertz CT molecular complexity index is 1940. The Hall–Kier alpha value is -5.94. The van der Waals surface area contributed by atoms with Gasteiger partial charge in [-0.05, 0) is 56.2 Å². The second kappa shape index (κ2) is 14.4. The minimum Gasteiger partial charge on any atom is -0.393 e. The molecular weight excluding hydrogens is 632 g/mol. The molecule has 2 fully saturated rings. The number of carbonyl (C=O) groups is 1. The normalized spacial score (nSPS) is 17.1. The van der Waals surface area contributed by atoms with Gasteiger partial charge in [0.1, 0.15) is 16.8 Å². The van der Waals surface area contributed by atoms with Gasteiger partial charge in [0.15, 0.2) is 11.6 Å². The molecule has 0 saturated carbocycles. The topological polar surface area (TPSA) is 237 Å². The monoisotopic (exact) mass is 668 g/mol. The van der Waals surface area contributed by atoms with Crippen LogP contribution in [0, 0.1) is 10.1 Å². The van der Waals surface area contributed by atoms with Crippen LogP contribution < -0.4 is 26.2 Å².